The van der Waals surface area contributed by atoms with Gasteiger partial charge in [0.1, 0.15) is 0 Å². The number of H-pyrrole nitrogens is 1. The third-order valence-electron chi connectivity index (χ3n) is 1.80. The minimum absolute atomic E-state index is 0.164. The van der Waals surface area contributed by atoms with Gasteiger partial charge in [-0.25, -0.2) is 0 Å². The maximum atomic E-state index is 11.4. The summed E-state index contributed by atoms with van der Waals surface area (Å²) in [5.74, 6) is -0.180. The van der Waals surface area contributed by atoms with Crippen molar-refractivity contribution in [3.63, 3.8) is 0 Å². The molecule has 0 aliphatic heterocycles. The predicted octanol–water partition coefficient (Wildman–Crippen LogP) is 1.10. The Bertz CT molecular complexity index is 275. The number of amides is 1. The SMILES string of the molecule is CC(CCCBr)NC(=O)c1cn[nH]n1. The molecule has 0 saturated heterocycles. The van der Waals surface area contributed by atoms with Gasteiger partial charge in [-0.3, -0.25) is 4.79 Å². The summed E-state index contributed by atoms with van der Waals surface area (Å²) in [5.41, 5.74) is 0.329. The molecular weight excluding hydrogens is 248 g/mol. The Morgan fingerprint density at radius 2 is 2.57 bits per heavy atom. The summed E-state index contributed by atoms with van der Waals surface area (Å²) in [6.07, 6.45) is 3.40. The number of halogens is 1. The maximum Gasteiger partial charge on any atom is 0.273 e. The number of alkyl halides is 1. The molecule has 0 aliphatic rings. The number of hydrogen-bond donors (Lipinski definition) is 2. The number of nitrogens with zero attached hydrogens (tertiary/aromatic N) is 2. The summed E-state index contributed by atoms with van der Waals surface area (Å²) in [5, 5.41) is 13.4. The van der Waals surface area contributed by atoms with E-state index in [4.69, 9.17) is 0 Å². The Morgan fingerprint density at radius 3 is 3.14 bits per heavy atom. The zero-order chi connectivity index (χ0) is 10.4. The van der Waals surface area contributed by atoms with Crippen molar-refractivity contribution in [1.29, 1.82) is 0 Å². The molecular formula is C8H13BrN4O. The molecule has 1 rings (SSSR count). The van der Waals surface area contributed by atoms with Gasteiger partial charge >= 0.3 is 0 Å². The van der Waals surface area contributed by atoms with Gasteiger partial charge < -0.3 is 5.32 Å². The number of hydrogen-bond acceptors (Lipinski definition) is 3. The molecule has 1 unspecified atom stereocenters. The quantitative estimate of drug-likeness (QED) is 0.779. The zero-order valence-corrected chi connectivity index (χ0v) is 9.54. The van der Waals surface area contributed by atoms with Crippen molar-refractivity contribution in [2.45, 2.75) is 25.8 Å². The fourth-order valence-electron chi connectivity index (χ4n) is 1.06. The van der Waals surface area contributed by atoms with Gasteiger partial charge in [0.2, 0.25) is 0 Å². The second-order valence-corrected chi connectivity index (χ2v) is 3.85. The summed E-state index contributed by atoms with van der Waals surface area (Å²) in [7, 11) is 0. The smallest absolute Gasteiger partial charge is 0.273 e. The van der Waals surface area contributed by atoms with E-state index < -0.39 is 0 Å². The van der Waals surface area contributed by atoms with Gasteiger partial charge in [0.05, 0.1) is 6.20 Å². The molecule has 1 atom stereocenters. The van der Waals surface area contributed by atoms with Crippen LogP contribution in [0.5, 0.6) is 0 Å². The highest BCUT2D eigenvalue weighted by molar-refractivity contribution is 9.09. The van der Waals surface area contributed by atoms with Gasteiger partial charge in [-0.15, -0.1) is 0 Å². The zero-order valence-electron chi connectivity index (χ0n) is 7.96. The molecule has 1 aromatic heterocycles. The standard InChI is InChI=1S/C8H13BrN4O/c1-6(3-2-4-9)11-8(14)7-5-10-13-12-7/h5-6H,2-4H2,1H3,(H,11,14)(H,10,12,13). The highest BCUT2D eigenvalue weighted by atomic mass is 79.9. The molecule has 0 spiro atoms. The summed E-state index contributed by atoms with van der Waals surface area (Å²) < 4.78 is 0. The van der Waals surface area contributed by atoms with E-state index in [2.05, 4.69) is 36.7 Å². The third-order valence-corrected chi connectivity index (χ3v) is 2.36. The molecule has 1 heterocycles. The molecule has 5 nitrogen and oxygen atoms in total. The maximum absolute atomic E-state index is 11.4. The summed E-state index contributed by atoms with van der Waals surface area (Å²) in [6, 6.07) is 0.164. The van der Waals surface area contributed by atoms with Crippen LogP contribution in [0.2, 0.25) is 0 Å². The van der Waals surface area contributed by atoms with E-state index in [-0.39, 0.29) is 11.9 Å². The molecule has 0 saturated carbocycles. The van der Waals surface area contributed by atoms with E-state index in [0.717, 1.165) is 18.2 Å². The molecule has 1 aromatic rings. The van der Waals surface area contributed by atoms with Crippen LogP contribution in [0.1, 0.15) is 30.3 Å². The van der Waals surface area contributed by atoms with Crippen molar-refractivity contribution in [3.05, 3.63) is 11.9 Å². The van der Waals surface area contributed by atoms with E-state index in [0.29, 0.717) is 5.69 Å². The van der Waals surface area contributed by atoms with E-state index in [1.165, 1.54) is 6.20 Å². The largest absolute Gasteiger partial charge is 0.348 e. The van der Waals surface area contributed by atoms with Gasteiger partial charge in [-0.2, -0.15) is 15.4 Å². The Kier molecular flexibility index (Phi) is 4.58. The Hall–Kier alpha value is -0.910. The minimum Gasteiger partial charge on any atom is -0.348 e. The van der Waals surface area contributed by atoms with Crippen LogP contribution in [-0.2, 0) is 0 Å². The second-order valence-electron chi connectivity index (χ2n) is 3.06. The Labute approximate surface area is 90.8 Å². The first-order valence-electron chi connectivity index (χ1n) is 4.46. The number of carbonyl (C=O) groups is 1. The topological polar surface area (TPSA) is 70.7 Å². The molecule has 0 bridgehead atoms. The van der Waals surface area contributed by atoms with Crippen LogP contribution in [0.4, 0.5) is 0 Å². The van der Waals surface area contributed by atoms with Crippen LogP contribution in [0, 0.1) is 0 Å². The lowest BCUT2D eigenvalue weighted by atomic mass is 10.2. The number of aromatic amines is 1. The van der Waals surface area contributed by atoms with E-state index in [1.807, 2.05) is 6.92 Å². The van der Waals surface area contributed by atoms with Crippen molar-refractivity contribution < 1.29 is 4.79 Å². The number of carbonyl (C=O) groups excluding carboxylic acids is 1. The number of nitrogens with one attached hydrogen (secondary N) is 2. The van der Waals surface area contributed by atoms with Crippen molar-refractivity contribution in [1.82, 2.24) is 20.7 Å². The highest BCUT2D eigenvalue weighted by Gasteiger charge is 2.11. The lowest BCUT2D eigenvalue weighted by Gasteiger charge is -2.11. The first-order valence-corrected chi connectivity index (χ1v) is 5.58. The molecule has 1 amide bonds. The van der Waals surface area contributed by atoms with Gasteiger partial charge in [-0.05, 0) is 19.8 Å². The molecule has 6 heteroatoms. The average molecular weight is 261 g/mol. The Balaban J connectivity index is 2.34. The van der Waals surface area contributed by atoms with Crippen LogP contribution in [0.25, 0.3) is 0 Å². The minimum atomic E-state index is -0.180. The van der Waals surface area contributed by atoms with Gasteiger partial charge in [0.15, 0.2) is 5.69 Å². The van der Waals surface area contributed by atoms with Crippen LogP contribution in [0.3, 0.4) is 0 Å². The summed E-state index contributed by atoms with van der Waals surface area (Å²) in [4.78, 5) is 11.4. The normalized spacial score (nSPS) is 12.4. The second kappa shape index (κ2) is 5.74. The molecule has 0 aromatic carbocycles. The van der Waals surface area contributed by atoms with Crippen LogP contribution in [0.15, 0.2) is 6.20 Å². The molecule has 0 fully saturated rings. The molecule has 0 radical (unpaired) electrons. The van der Waals surface area contributed by atoms with Crippen LogP contribution in [-0.4, -0.2) is 32.7 Å². The molecule has 0 aliphatic carbocycles. The van der Waals surface area contributed by atoms with Crippen molar-refractivity contribution in [2.24, 2.45) is 0 Å². The monoisotopic (exact) mass is 260 g/mol. The van der Waals surface area contributed by atoms with E-state index in [1.54, 1.807) is 0 Å². The number of rotatable bonds is 5. The average Bonchev–Trinajstić information content (AvgIpc) is 2.67. The fraction of sp³-hybridized carbons (Fsp3) is 0.625. The van der Waals surface area contributed by atoms with Crippen molar-refractivity contribution in [3.8, 4) is 0 Å². The van der Waals surface area contributed by atoms with E-state index in [9.17, 15) is 4.79 Å². The first-order chi connectivity index (χ1) is 6.74. The molecule has 2 N–H and O–H groups in total. The van der Waals surface area contributed by atoms with E-state index >= 15 is 0 Å². The lowest BCUT2D eigenvalue weighted by Crippen LogP contribution is -2.32. The Morgan fingerprint density at radius 1 is 1.79 bits per heavy atom. The number of aromatic nitrogens is 3. The fourth-order valence-corrected chi connectivity index (χ4v) is 1.39. The molecule has 14 heavy (non-hydrogen) atoms. The van der Waals surface area contributed by atoms with Crippen LogP contribution >= 0.6 is 15.9 Å². The first kappa shape index (κ1) is 11.2. The lowest BCUT2D eigenvalue weighted by molar-refractivity contribution is 0.0933. The molecule has 78 valence electrons. The van der Waals surface area contributed by atoms with Crippen molar-refractivity contribution >= 4 is 21.8 Å². The van der Waals surface area contributed by atoms with Crippen LogP contribution < -0.4 is 5.32 Å². The van der Waals surface area contributed by atoms with Gasteiger partial charge in [-0.1, -0.05) is 15.9 Å². The van der Waals surface area contributed by atoms with Gasteiger partial charge in [0.25, 0.3) is 5.91 Å². The third kappa shape index (κ3) is 3.45. The van der Waals surface area contributed by atoms with Gasteiger partial charge in [0, 0.05) is 11.4 Å². The highest BCUT2D eigenvalue weighted by Crippen LogP contribution is 2.00. The summed E-state index contributed by atoms with van der Waals surface area (Å²) >= 11 is 3.34. The predicted molar refractivity (Wildman–Crippen MR) is 56.3 cm³/mol. The summed E-state index contributed by atoms with van der Waals surface area (Å²) in [6.45, 7) is 1.97. The van der Waals surface area contributed by atoms with Crippen molar-refractivity contribution in [2.75, 3.05) is 5.33 Å².